The second kappa shape index (κ2) is 9.16. The summed E-state index contributed by atoms with van der Waals surface area (Å²) in [6, 6.07) is 4.53. The van der Waals surface area contributed by atoms with Crippen molar-refractivity contribution in [1.29, 1.82) is 0 Å². The molecule has 0 radical (unpaired) electrons. The number of benzene rings is 1. The fourth-order valence-corrected chi connectivity index (χ4v) is 5.54. The van der Waals surface area contributed by atoms with Gasteiger partial charge in [-0.15, -0.1) is 0 Å². The van der Waals surface area contributed by atoms with Gasteiger partial charge in [0.2, 0.25) is 21.8 Å². The van der Waals surface area contributed by atoms with Crippen LogP contribution in [0.1, 0.15) is 39.5 Å². The minimum absolute atomic E-state index is 0.0157. The number of anilines is 1. The Bertz CT molecular complexity index is 946. The number of amides is 2. The van der Waals surface area contributed by atoms with E-state index in [-0.39, 0.29) is 34.9 Å². The molecule has 1 saturated heterocycles. The predicted molar refractivity (Wildman–Crippen MR) is 118 cm³/mol. The van der Waals surface area contributed by atoms with Crippen LogP contribution in [0.25, 0.3) is 0 Å². The molecule has 1 heterocycles. The topological polar surface area (TPSA) is 96.0 Å². The smallest absolute Gasteiger partial charge is 0.242 e. The molecule has 1 aliphatic carbocycles. The highest BCUT2D eigenvalue weighted by molar-refractivity contribution is 7.89. The highest BCUT2D eigenvalue weighted by Gasteiger charge is 2.41. The Labute approximate surface area is 185 Å². The highest BCUT2D eigenvalue weighted by Crippen LogP contribution is 2.36. The fourth-order valence-electron chi connectivity index (χ4n) is 4.61. The Morgan fingerprint density at radius 2 is 1.94 bits per heavy atom. The lowest BCUT2D eigenvalue weighted by Gasteiger charge is -2.40. The van der Waals surface area contributed by atoms with E-state index in [0.29, 0.717) is 24.1 Å². The third-order valence-electron chi connectivity index (χ3n) is 6.80. The van der Waals surface area contributed by atoms with Crippen molar-refractivity contribution in [1.82, 2.24) is 9.21 Å². The molecule has 2 fully saturated rings. The molecule has 172 valence electrons. The molecule has 1 aliphatic heterocycles. The number of carbonyl (C=O) groups excluding carboxylic acids is 2. The van der Waals surface area contributed by atoms with Crippen molar-refractivity contribution in [3.05, 3.63) is 18.2 Å². The number of hydrogen-bond donors (Lipinski definition) is 1. The maximum atomic E-state index is 13.0. The van der Waals surface area contributed by atoms with Gasteiger partial charge in [0, 0.05) is 33.1 Å². The summed E-state index contributed by atoms with van der Waals surface area (Å²) in [5, 5.41) is 2.79. The first kappa shape index (κ1) is 23.5. The van der Waals surface area contributed by atoms with Gasteiger partial charge in [0.25, 0.3) is 0 Å². The molecule has 1 aromatic carbocycles. The van der Waals surface area contributed by atoms with Crippen molar-refractivity contribution in [2.24, 2.45) is 17.8 Å². The average Bonchev–Trinajstić information content (AvgIpc) is 3.11. The summed E-state index contributed by atoms with van der Waals surface area (Å²) in [5.41, 5.74) is 0.279. The van der Waals surface area contributed by atoms with Gasteiger partial charge in [0.15, 0.2) is 0 Å². The van der Waals surface area contributed by atoms with E-state index < -0.39 is 15.9 Å². The number of methoxy groups -OCH3 is 1. The quantitative estimate of drug-likeness (QED) is 0.717. The van der Waals surface area contributed by atoms with E-state index >= 15 is 0 Å². The number of ether oxygens (including phenoxy) is 1. The molecule has 3 rings (SSSR count). The second-order valence-corrected chi connectivity index (χ2v) is 11.1. The zero-order valence-electron chi connectivity index (χ0n) is 18.9. The maximum Gasteiger partial charge on any atom is 0.242 e. The molecule has 9 heteroatoms. The lowest BCUT2D eigenvalue weighted by Crippen LogP contribution is -2.45. The van der Waals surface area contributed by atoms with Crippen LogP contribution < -0.4 is 10.1 Å². The molecule has 2 amide bonds. The molecule has 4 atom stereocenters. The molecule has 2 aliphatic rings. The summed E-state index contributed by atoms with van der Waals surface area (Å²) < 4.78 is 31.3. The van der Waals surface area contributed by atoms with Crippen LogP contribution in [-0.4, -0.2) is 63.2 Å². The van der Waals surface area contributed by atoms with Gasteiger partial charge in [-0.1, -0.05) is 26.7 Å². The summed E-state index contributed by atoms with van der Waals surface area (Å²) in [4.78, 5) is 27.6. The first-order valence-electron chi connectivity index (χ1n) is 10.8. The van der Waals surface area contributed by atoms with Crippen LogP contribution in [0, 0.1) is 17.8 Å². The van der Waals surface area contributed by atoms with E-state index in [2.05, 4.69) is 19.2 Å². The summed E-state index contributed by atoms with van der Waals surface area (Å²) in [5.74, 6) is 0.572. The molecule has 31 heavy (non-hydrogen) atoms. The van der Waals surface area contributed by atoms with Crippen molar-refractivity contribution >= 4 is 27.5 Å². The summed E-state index contributed by atoms with van der Waals surface area (Å²) in [6.07, 6.45) is 3.42. The lowest BCUT2D eigenvalue weighted by molar-refractivity contribution is -0.131. The van der Waals surface area contributed by atoms with Crippen molar-refractivity contribution in [2.75, 3.05) is 33.1 Å². The van der Waals surface area contributed by atoms with Crippen LogP contribution >= 0.6 is 0 Å². The van der Waals surface area contributed by atoms with Gasteiger partial charge in [-0.3, -0.25) is 9.59 Å². The molecule has 1 aromatic rings. The second-order valence-electron chi connectivity index (χ2n) is 8.92. The van der Waals surface area contributed by atoms with Gasteiger partial charge in [0.1, 0.15) is 5.75 Å². The number of likely N-dealkylation sites (tertiary alicyclic amines) is 1. The third-order valence-corrected chi connectivity index (χ3v) is 8.61. The van der Waals surface area contributed by atoms with Crippen molar-refractivity contribution < 1.29 is 22.7 Å². The molecule has 1 saturated carbocycles. The lowest BCUT2D eigenvalue weighted by atomic mass is 9.77. The van der Waals surface area contributed by atoms with Crippen molar-refractivity contribution in [3.63, 3.8) is 0 Å². The normalized spacial score (nSPS) is 26.9. The van der Waals surface area contributed by atoms with E-state index in [1.807, 2.05) is 4.90 Å². The van der Waals surface area contributed by atoms with Gasteiger partial charge >= 0.3 is 0 Å². The monoisotopic (exact) mass is 451 g/mol. The average molecular weight is 452 g/mol. The van der Waals surface area contributed by atoms with E-state index in [4.69, 9.17) is 4.74 Å². The Balaban J connectivity index is 1.77. The zero-order valence-corrected chi connectivity index (χ0v) is 19.7. The van der Waals surface area contributed by atoms with E-state index in [9.17, 15) is 18.0 Å². The Hall–Kier alpha value is -2.13. The number of sulfonamides is 1. The van der Waals surface area contributed by atoms with Gasteiger partial charge < -0.3 is 15.0 Å². The molecular formula is C22H33N3O5S. The number of nitrogens with zero attached hydrogens (tertiary/aromatic N) is 2. The third kappa shape index (κ3) is 4.72. The minimum Gasteiger partial charge on any atom is -0.495 e. The van der Waals surface area contributed by atoms with Gasteiger partial charge in [0.05, 0.1) is 23.6 Å². The SMILES string of the molecule is COc1ccc(S(=O)(=O)N(C)C)cc1NC(=O)[C@@H]1CC(=O)N([C@@H]2CCC[C@@H](C)[C@@H]2C)C1. The van der Waals surface area contributed by atoms with Crippen molar-refractivity contribution in [3.8, 4) is 5.75 Å². The summed E-state index contributed by atoms with van der Waals surface area (Å²) in [7, 11) is 0.694. The highest BCUT2D eigenvalue weighted by atomic mass is 32.2. The minimum atomic E-state index is -3.66. The molecule has 0 aromatic heterocycles. The van der Waals surface area contributed by atoms with E-state index in [1.165, 1.54) is 45.8 Å². The number of hydrogen-bond acceptors (Lipinski definition) is 5. The largest absolute Gasteiger partial charge is 0.495 e. The number of nitrogens with one attached hydrogen (secondary N) is 1. The number of carbonyl (C=O) groups is 2. The Morgan fingerprint density at radius 1 is 1.23 bits per heavy atom. The van der Waals surface area contributed by atoms with E-state index in [0.717, 1.165) is 17.1 Å². The Kier molecular flexibility index (Phi) is 6.95. The summed E-state index contributed by atoms with van der Waals surface area (Å²) >= 11 is 0. The maximum absolute atomic E-state index is 13.0. The number of rotatable bonds is 6. The van der Waals surface area contributed by atoms with Gasteiger partial charge in [-0.2, -0.15) is 0 Å². The van der Waals surface area contributed by atoms with Crippen LogP contribution in [0.15, 0.2) is 23.1 Å². The standard InChI is InChI=1S/C22H33N3O5S/c1-14-7-6-8-19(15(14)2)25-13-16(11-21(25)26)22(27)23-18-12-17(9-10-20(18)30-5)31(28,29)24(3)4/h9-10,12,14-16,19H,6-8,11,13H2,1-5H3,(H,23,27)/t14-,15+,16-,19-/m1/s1. The molecule has 8 nitrogen and oxygen atoms in total. The first-order valence-corrected chi connectivity index (χ1v) is 12.2. The molecule has 1 N–H and O–H groups in total. The molecular weight excluding hydrogens is 418 g/mol. The first-order chi connectivity index (χ1) is 14.6. The van der Waals surface area contributed by atoms with Crippen LogP contribution in [0.3, 0.4) is 0 Å². The van der Waals surface area contributed by atoms with Crippen molar-refractivity contribution in [2.45, 2.75) is 50.5 Å². The fraction of sp³-hybridized carbons (Fsp3) is 0.636. The predicted octanol–water partition coefficient (Wildman–Crippen LogP) is 2.56. The van der Waals surface area contributed by atoms with E-state index in [1.54, 1.807) is 0 Å². The molecule has 0 spiro atoms. The van der Waals surface area contributed by atoms with Crippen LogP contribution in [0.4, 0.5) is 5.69 Å². The van der Waals surface area contributed by atoms with Crippen LogP contribution in [-0.2, 0) is 19.6 Å². The van der Waals surface area contributed by atoms with Crippen LogP contribution in [0.2, 0.25) is 0 Å². The Morgan fingerprint density at radius 3 is 2.58 bits per heavy atom. The molecule has 0 unspecified atom stereocenters. The van der Waals surface area contributed by atoms with Gasteiger partial charge in [-0.05, 0) is 36.5 Å². The zero-order chi connectivity index (χ0) is 22.9. The summed E-state index contributed by atoms with van der Waals surface area (Å²) in [6.45, 7) is 4.81. The molecule has 0 bridgehead atoms. The van der Waals surface area contributed by atoms with Gasteiger partial charge in [-0.25, -0.2) is 12.7 Å². The van der Waals surface area contributed by atoms with Crippen LogP contribution in [0.5, 0.6) is 5.75 Å².